The predicted octanol–water partition coefficient (Wildman–Crippen LogP) is 3.23. The summed E-state index contributed by atoms with van der Waals surface area (Å²) in [6, 6.07) is 10.4. The van der Waals surface area contributed by atoms with Crippen LogP contribution in [0.2, 0.25) is 0 Å². The van der Waals surface area contributed by atoms with Gasteiger partial charge in [0.1, 0.15) is 5.01 Å². The van der Waals surface area contributed by atoms with Crippen molar-refractivity contribution in [2.75, 3.05) is 6.54 Å². The highest BCUT2D eigenvalue weighted by Gasteiger charge is 2.22. The molecular formula is C16H23N3S. The molecule has 2 aromatic rings. The second-order valence-corrected chi connectivity index (χ2v) is 6.55. The van der Waals surface area contributed by atoms with Crippen molar-refractivity contribution in [3.8, 4) is 0 Å². The van der Waals surface area contributed by atoms with Crippen molar-refractivity contribution in [2.45, 2.75) is 38.8 Å². The molecule has 0 saturated carbocycles. The monoisotopic (exact) mass is 289 g/mol. The van der Waals surface area contributed by atoms with Crippen molar-refractivity contribution in [2.24, 2.45) is 5.73 Å². The molecule has 108 valence electrons. The topological polar surface area (TPSA) is 50.9 Å². The molecule has 2 unspecified atom stereocenters. The van der Waals surface area contributed by atoms with E-state index in [-0.39, 0.29) is 11.6 Å². The predicted molar refractivity (Wildman–Crippen MR) is 85.9 cm³/mol. The molecule has 1 aromatic carbocycles. The average molecular weight is 289 g/mol. The lowest BCUT2D eigenvalue weighted by molar-refractivity contribution is 0.416. The van der Waals surface area contributed by atoms with E-state index in [0.29, 0.717) is 0 Å². The van der Waals surface area contributed by atoms with Gasteiger partial charge in [0.25, 0.3) is 0 Å². The molecule has 1 heterocycles. The Morgan fingerprint density at radius 3 is 2.65 bits per heavy atom. The van der Waals surface area contributed by atoms with Gasteiger partial charge in [-0.1, -0.05) is 37.3 Å². The number of hydrogen-bond donors (Lipinski definition) is 2. The maximum Gasteiger partial charge on any atom is 0.109 e. The highest BCUT2D eigenvalue weighted by Crippen LogP contribution is 2.22. The minimum Gasteiger partial charge on any atom is -0.321 e. The third kappa shape index (κ3) is 3.66. The summed E-state index contributed by atoms with van der Waals surface area (Å²) >= 11 is 1.77. The van der Waals surface area contributed by atoms with Crippen LogP contribution in [0.3, 0.4) is 0 Å². The first-order chi connectivity index (χ1) is 9.53. The highest BCUT2D eigenvalue weighted by molar-refractivity contribution is 7.11. The fourth-order valence-electron chi connectivity index (χ4n) is 2.06. The van der Waals surface area contributed by atoms with E-state index in [1.54, 1.807) is 11.3 Å². The van der Waals surface area contributed by atoms with Crippen LogP contribution in [0, 0.1) is 0 Å². The van der Waals surface area contributed by atoms with Gasteiger partial charge < -0.3 is 11.1 Å². The van der Waals surface area contributed by atoms with Crippen molar-refractivity contribution in [1.82, 2.24) is 10.3 Å². The Bertz CT molecular complexity index is 534. The summed E-state index contributed by atoms with van der Waals surface area (Å²) in [5.41, 5.74) is 7.19. The van der Waals surface area contributed by atoms with Crippen LogP contribution in [0.1, 0.15) is 42.3 Å². The maximum absolute atomic E-state index is 6.42. The van der Waals surface area contributed by atoms with Crippen molar-refractivity contribution >= 4 is 11.3 Å². The third-order valence-electron chi connectivity index (χ3n) is 3.50. The summed E-state index contributed by atoms with van der Waals surface area (Å²) in [4.78, 5) is 5.80. The molecular weight excluding hydrogens is 266 g/mol. The molecule has 0 amide bonds. The zero-order valence-electron chi connectivity index (χ0n) is 12.4. The summed E-state index contributed by atoms with van der Waals surface area (Å²) in [6.07, 6.45) is 3.01. The Hall–Kier alpha value is -1.23. The molecule has 0 saturated heterocycles. The lowest BCUT2D eigenvalue weighted by Gasteiger charge is -2.27. The van der Waals surface area contributed by atoms with E-state index in [0.717, 1.165) is 23.5 Å². The molecule has 0 spiro atoms. The second-order valence-electron chi connectivity index (χ2n) is 5.40. The molecule has 0 fully saturated rings. The Kier molecular flexibility index (Phi) is 4.91. The Morgan fingerprint density at radius 1 is 1.35 bits per heavy atom. The molecule has 3 N–H and O–H groups in total. The van der Waals surface area contributed by atoms with Crippen LogP contribution < -0.4 is 11.1 Å². The molecule has 2 rings (SSSR count). The number of thiazole rings is 1. The summed E-state index contributed by atoms with van der Waals surface area (Å²) in [5.74, 6) is 0. The molecule has 0 radical (unpaired) electrons. The first-order valence-corrected chi connectivity index (χ1v) is 7.87. The van der Waals surface area contributed by atoms with Crippen molar-refractivity contribution < 1.29 is 0 Å². The Balaban J connectivity index is 1.97. The quantitative estimate of drug-likeness (QED) is 0.858. The van der Waals surface area contributed by atoms with Gasteiger partial charge in [0.15, 0.2) is 0 Å². The number of nitrogens with two attached hydrogens (primary N) is 1. The normalized spacial score (nSPS) is 15.8. The molecule has 0 aliphatic heterocycles. The first-order valence-electron chi connectivity index (χ1n) is 7.05. The minimum atomic E-state index is -0.375. The van der Waals surface area contributed by atoms with E-state index in [9.17, 15) is 0 Å². The van der Waals surface area contributed by atoms with E-state index >= 15 is 0 Å². The van der Waals surface area contributed by atoms with Gasteiger partial charge in [-0.2, -0.15) is 0 Å². The summed E-state index contributed by atoms with van der Waals surface area (Å²) < 4.78 is 0. The second kappa shape index (κ2) is 6.48. The number of nitrogens with one attached hydrogen (secondary N) is 1. The zero-order valence-corrected chi connectivity index (χ0v) is 13.2. The molecule has 0 aliphatic carbocycles. The van der Waals surface area contributed by atoms with Crippen LogP contribution >= 0.6 is 11.3 Å². The van der Waals surface area contributed by atoms with Crippen molar-refractivity contribution in [1.29, 1.82) is 0 Å². The average Bonchev–Trinajstić information content (AvgIpc) is 2.95. The van der Waals surface area contributed by atoms with E-state index < -0.39 is 0 Å². The van der Waals surface area contributed by atoms with Gasteiger partial charge in [0, 0.05) is 17.6 Å². The summed E-state index contributed by atoms with van der Waals surface area (Å²) in [5, 5.41) is 4.63. The van der Waals surface area contributed by atoms with Gasteiger partial charge in [-0.25, -0.2) is 4.98 Å². The van der Waals surface area contributed by atoms with Gasteiger partial charge in [0.2, 0.25) is 0 Å². The van der Waals surface area contributed by atoms with Crippen LogP contribution in [-0.4, -0.2) is 11.5 Å². The first kappa shape index (κ1) is 15.2. The maximum atomic E-state index is 6.42. The molecule has 0 bridgehead atoms. The fraction of sp³-hybridized carbons (Fsp3) is 0.438. The van der Waals surface area contributed by atoms with Crippen LogP contribution in [-0.2, 0) is 12.0 Å². The number of aromatic nitrogens is 1. The zero-order chi connectivity index (χ0) is 14.6. The number of rotatable bonds is 6. The van der Waals surface area contributed by atoms with Gasteiger partial charge >= 0.3 is 0 Å². The van der Waals surface area contributed by atoms with Gasteiger partial charge in [-0.15, -0.1) is 11.3 Å². The molecule has 1 aromatic heterocycles. The van der Waals surface area contributed by atoms with Crippen LogP contribution in [0.15, 0.2) is 36.5 Å². The van der Waals surface area contributed by atoms with Gasteiger partial charge in [-0.3, -0.25) is 0 Å². The van der Waals surface area contributed by atoms with Gasteiger partial charge in [0.05, 0.1) is 11.6 Å². The highest BCUT2D eigenvalue weighted by atomic mass is 32.1. The number of aryl methyl sites for hydroxylation is 1. The third-order valence-corrected chi connectivity index (χ3v) is 4.82. The largest absolute Gasteiger partial charge is 0.321 e. The summed E-state index contributed by atoms with van der Waals surface area (Å²) in [6.45, 7) is 7.07. The molecule has 20 heavy (non-hydrogen) atoms. The van der Waals surface area contributed by atoms with E-state index in [2.05, 4.69) is 43.2 Å². The van der Waals surface area contributed by atoms with Crippen molar-refractivity contribution in [3.63, 3.8) is 0 Å². The van der Waals surface area contributed by atoms with Crippen LogP contribution in [0.25, 0.3) is 0 Å². The van der Waals surface area contributed by atoms with Crippen LogP contribution in [0.5, 0.6) is 0 Å². The smallest absolute Gasteiger partial charge is 0.109 e. The van der Waals surface area contributed by atoms with E-state index in [1.165, 1.54) is 4.88 Å². The fourth-order valence-corrected chi connectivity index (χ4v) is 2.94. The van der Waals surface area contributed by atoms with E-state index in [4.69, 9.17) is 5.73 Å². The number of nitrogens with zero attached hydrogens (tertiary/aromatic N) is 1. The van der Waals surface area contributed by atoms with Crippen molar-refractivity contribution in [3.05, 3.63) is 52.0 Å². The SMILES string of the molecule is CCc1cnc(C(C)NCC(C)(N)c2ccccc2)s1. The number of benzene rings is 1. The number of hydrogen-bond acceptors (Lipinski definition) is 4. The lowest BCUT2D eigenvalue weighted by atomic mass is 9.93. The Labute approximate surface area is 125 Å². The van der Waals surface area contributed by atoms with Gasteiger partial charge in [-0.05, 0) is 25.8 Å². The molecule has 0 aliphatic rings. The molecule has 4 heteroatoms. The standard InChI is InChI=1S/C16H23N3S/c1-4-14-10-18-15(20-14)12(2)19-11-16(3,17)13-8-6-5-7-9-13/h5-10,12,19H,4,11,17H2,1-3H3. The van der Waals surface area contributed by atoms with E-state index in [1.807, 2.05) is 24.4 Å². The minimum absolute atomic E-state index is 0.229. The summed E-state index contributed by atoms with van der Waals surface area (Å²) in [7, 11) is 0. The lowest BCUT2D eigenvalue weighted by Crippen LogP contribution is -2.44. The molecule has 2 atom stereocenters. The molecule has 3 nitrogen and oxygen atoms in total. The Morgan fingerprint density at radius 2 is 2.05 bits per heavy atom. The van der Waals surface area contributed by atoms with Crippen LogP contribution in [0.4, 0.5) is 0 Å².